The molecule has 0 aliphatic carbocycles. The van der Waals surface area contributed by atoms with Gasteiger partial charge in [-0.15, -0.1) is 11.3 Å². The first-order chi connectivity index (χ1) is 11.4. The van der Waals surface area contributed by atoms with Crippen molar-refractivity contribution in [2.24, 2.45) is 0 Å². The van der Waals surface area contributed by atoms with Gasteiger partial charge in [0.05, 0.1) is 0 Å². The summed E-state index contributed by atoms with van der Waals surface area (Å²) in [4.78, 5) is 11.9. The monoisotopic (exact) mass is 373 g/mol. The quantitative estimate of drug-likeness (QED) is 0.725. The molecule has 0 atom stereocenters. The van der Waals surface area contributed by atoms with Gasteiger partial charge in [-0.3, -0.25) is 4.79 Å². The number of hydrogen-bond acceptors (Lipinski definition) is 5. The van der Waals surface area contributed by atoms with Crippen LogP contribution in [0.25, 0.3) is 0 Å². The number of sulfonamides is 1. The predicted molar refractivity (Wildman–Crippen MR) is 96.8 cm³/mol. The first-order valence-corrected chi connectivity index (χ1v) is 10.8. The third-order valence-electron chi connectivity index (χ3n) is 4.11. The minimum atomic E-state index is -3.45. The van der Waals surface area contributed by atoms with E-state index in [4.69, 9.17) is 0 Å². The van der Waals surface area contributed by atoms with Crippen LogP contribution in [0.4, 0.5) is 0 Å². The van der Waals surface area contributed by atoms with Crippen LogP contribution in [0.3, 0.4) is 0 Å². The Morgan fingerprint density at radius 1 is 1.38 bits per heavy atom. The summed E-state index contributed by atoms with van der Waals surface area (Å²) in [5.74, 6) is -0.0700. The largest absolute Gasteiger partial charge is 0.356 e. The number of nitrogens with zero attached hydrogens (tertiary/aromatic N) is 1. The molecular formula is C16H27N3O3S2. The summed E-state index contributed by atoms with van der Waals surface area (Å²) >= 11 is 1.31. The van der Waals surface area contributed by atoms with Gasteiger partial charge >= 0.3 is 0 Å². The van der Waals surface area contributed by atoms with Crippen LogP contribution >= 0.6 is 11.3 Å². The van der Waals surface area contributed by atoms with Crippen molar-refractivity contribution in [1.29, 1.82) is 0 Å². The summed E-state index contributed by atoms with van der Waals surface area (Å²) in [6, 6.07) is 3.64. The third-order valence-corrected chi connectivity index (χ3v) is 7.67. The van der Waals surface area contributed by atoms with Crippen LogP contribution in [0.1, 0.15) is 38.0 Å². The molecule has 0 aromatic carbocycles. The van der Waals surface area contributed by atoms with E-state index >= 15 is 0 Å². The van der Waals surface area contributed by atoms with E-state index in [0.717, 1.165) is 37.2 Å². The highest BCUT2D eigenvalue weighted by Gasteiger charge is 2.32. The Labute approximate surface area is 148 Å². The molecule has 136 valence electrons. The fourth-order valence-corrected chi connectivity index (χ4v) is 6.18. The zero-order valence-corrected chi connectivity index (χ0v) is 16.0. The Bertz CT molecular complexity index is 637. The topological polar surface area (TPSA) is 78.5 Å². The summed E-state index contributed by atoms with van der Waals surface area (Å²) in [7, 11) is -3.45. The van der Waals surface area contributed by atoms with Crippen molar-refractivity contribution in [3.63, 3.8) is 0 Å². The van der Waals surface area contributed by atoms with E-state index in [2.05, 4.69) is 10.6 Å². The molecule has 0 spiro atoms. The van der Waals surface area contributed by atoms with Crippen LogP contribution in [-0.4, -0.2) is 50.9 Å². The molecule has 1 aliphatic heterocycles. The summed E-state index contributed by atoms with van der Waals surface area (Å²) in [6.07, 6.45) is 3.19. The van der Waals surface area contributed by atoms with Gasteiger partial charge in [-0.25, -0.2) is 8.42 Å². The maximum atomic E-state index is 13.1. The van der Waals surface area contributed by atoms with Crippen molar-refractivity contribution in [1.82, 2.24) is 14.9 Å². The lowest BCUT2D eigenvalue weighted by molar-refractivity contribution is -0.118. The third kappa shape index (κ3) is 5.02. The Morgan fingerprint density at radius 3 is 2.71 bits per heavy atom. The van der Waals surface area contributed by atoms with E-state index in [1.54, 1.807) is 10.4 Å². The number of carbonyl (C=O) groups excluding carboxylic acids is 1. The first-order valence-electron chi connectivity index (χ1n) is 8.51. The van der Waals surface area contributed by atoms with Gasteiger partial charge in [0.25, 0.3) is 10.0 Å². The molecule has 2 heterocycles. The average molecular weight is 374 g/mol. The van der Waals surface area contributed by atoms with Crippen molar-refractivity contribution in [3.05, 3.63) is 17.0 Å². The Morgan fingerprint density at radius 2 is 2.08 bits per heavy atom. The molecule has 24 heavy (non-hydrogen) atoms. The number of carbonyl (C=O) groups is 1. The second-order valence-corrected chi connectivity index (χ2v) is 9.34. The van der Waals surface area contributed by atoms with E-state index in [0.29, 0.717) is 23.7 Å². The summed E-state index contributed by atoms with van der Waals surface area (Å²) < 4.78 is 28.2. The molecule has 8 heteroatoms. The van der Waals surface area contributed by atoms with E-state index in [1.807, 2.05) is 13.0 Å². The number of amides is 1. The van der Waals surface area contributed by atoms with Gasteiger partial charge in [-0.05, 0) is 50.9 Å². The van der Waals surface area contributed by atoms with E-state index in [1.165, 1.54) is 18.3 Å². The maximum absolute atomic E-state index is 13.1. The SMILES string of the molecule is CCCN(C1CCNCC1)S(=O)(=O)c1ccc(CCNC(C)=O)s1. The molecule has 0 unspecified atom stereocenters. The number of thiophene rings is 1. The summed E-state index contributed by atoms with van der Waals surface area (Å²) in [5.41, 5.74) is 0. The Balaban J connectivity index is 2.11. The van der Waals surface area contributed by atoms with Crippen LogP contribution < -0.4 is 10.6 Å². The molecule has 1 fully saturated rings. The number of hydrogen-bond donors (Lipinski definition) is 2. The molecule has 1 aromatic heterocycles. The minimum Gasteiger partial charge on any atom is -0.356 e. The minimum absolute atomic E-state index is 0.0700. The zero-order valence-electron chi connectivity index (χ0n) is 14.4. The summed E-state index contributed by atoms with van der Waals surface area (Å²) in [5, 5.41) is 6.02. The molecule has 1 saturated heterocycles. The summed E-state index contributed by atoms with van der Waals surface area (Å²) in [6.45, 7) is 6.32. The van der Waals surface area contributed by atoms with E-state index in [9.17, 15) is 13.2 Å². The Kier molecular flexibility index (Phi) is 7.21. The lowest BCUT2D eigenvalue weighted by Gasteiger charge is -2.33. The standard InChI is InChI=1S/C16H27N3O3S2/c1-3-12-19(14-6-9-17-10-7-14)24(21,22)16-5-4-15(23-16)8-11-18-13(2)20/h4-5,14,17H,3,6-12H2,1-2H3,(H,18,20). The lowest BCUT2D eigenvalue weighted by atomic mass is 10.1. The predicted octanol–water partition coefficient (Wildman–Crippen LogP) is 1.58. The van der Waals surface area contributed by atoms with Gasteiger partial charge in [0.1, 0.15) is 4.21 Å². The normalized spacial score (nSPS) is 16.5. The van der Waals surface area contributed by atoms with E-state index < -0.39 is 10.0 Å². The average Bonchev–Trinajstić information content (AvgIpc) is 3.02. The van der Waals surface area contributed by atoms with Crippen LogP contribution in [-0.2, 0) is 21.2 Å². The molecule has 2 rings (SSSR count). The lowest BCUT2D eigenvalue weighted by Crippen LogP contribution is -2.46. The molecule has 2 N–H and O–H groups in total. The molecule has 1 aromatic rings. The highest BCUT2D eigenvalue weighted by atomic mass is 32.2. The highest BCUT2D eigenvalue weighted by molar-refractivity contribution is 7.91. The molecule has 1 aliphatic rings. The smallest absolute Gasteiger partial charge is 0.252 e. The fraction of sp³-hybridized carbons (Fsp3) is 0.688. The number of piperidine rings is 1. The second kappa shape index (κ2) is 8.94. The zero-order chi connectivity index (χ0) is 17.6. The molecule has 0 bridgehead atoms. The van der Waals surface area contributed by atoms with Gasteiger partial charge in [-0.2, -0.15) is 4.31 Å². The number of rotatable bonds is 8. The van der Waals surface area contributed by atoms with Crippen LogP contribution in [0.5, 0.6) is 0 Å². The van der Waals surface area contributed by atoms with Crippen molar-refractivity contribution in [3.8, 4) is 0 Å². The molecule has 0 saturated carbocycles. The molecule has 1 amide bonds. The van der Waals surface area contributed by atoms with Gasteiger partial charge in [0, 0.05) is 30.9 Å². The maximum Gasteiger partial charge on any atom is 0.252 e. The molecular weight excluding hydrogens is 346 g/mol. The first kappa shape index (κ1) is 19.4. The van der Waals surface area contributed by atoms with Crippen molar-refractivity contribution in [2.75, 3.05) is 26.2 Å². The van der Waals surface area contributed by atoms with Crippen LogP contribution in [0.2, 0.25) is 0 Å². The van der Waals surface area contributed by atoms with Crippen molar-refractivity contribution in [2.45, 2.75) is 49.8 Å². The van der Waals surface area contributed by atoms with Crippen molar-refractivity contribution >= 4 is 27.3 Å². The second-order valence-electron chi connectivity index (χ2n) is 6.05. The highest BCUT2D eigenvalue weighted by Crippen LogP contribution is 2.28. The number of nitrogens with one attached hydrogen (secondary N) is 2. The molecule has 6 nitrogen and oxygen atoms in total. The molecule has 0 radical (unpaired) electrons. The van der Waals surface area contributed by atoms with Crippen molar-refractivity contribution < 1.29 is 13.2 Å². The van der Waals surface area contributed by atoms with Gasteiger partial charge in [0.15, 0.2) is 0 Å². The van der Waals surface area contributed by atoms with Gasteiger partial charge in [-0.1, -0.05) is 6.92 Å². The van der Waals surface area contributed by atoms with Crippen LogP contribution in [0, 0.1) is 0 Å². The van der Waals surface area contributed by atoms with E-state index in [-0.39, 0.29) is 11.9 Å². The van der Waals surface area contributed by atoms with Gasteiger partial charge in [0.2, 0.25) is 5.91 Å². The Hall–Kier alpha value is -0.960. The van der Waals surface area contributed by atoms with Gasteiger partial charge < -0.3 is 10.6 Å². The fourth-order valence-electron chi connectivity index (χ4n) is 2.92. The van der Waals surface area contributed by atoms with Crippen LogP contribution in [0.15, 0.2) is 16.3 Å².